The molecule has 0 spiro atoms. The van der Waals surface area contributed by atoms with Gasteiger partial charge in [0.05, 0.1) is 6.61 Å². The Hall–Kier alpha value is -0.690. The minimum atomic E-state index is 0.176. The molecule has 1 fully saturated rings. The van der Waals surface area contributed by atoms with Crippen LogP contribution in [0.2, 0.25) is 0 Å². The van der Waals surface area contributed by atoms with Gasteiger partial charge < -0.3 is 9.05 Å². The molecular weight excluding hydrogens is 303 g/mol. The van der Waals surface area contributed by atoms with E-state index < -0.39 is 0 Å². The molecule has 1 aliphatic heterocycles. The zero-order chi connectivity index (χ0) is 16.9. The summed E-state index contributed by atoms with van der Waals surface area (Å²) in [5, 5.41) is 0. The van der Waals surface area contributed by atoms with E-state index in [-0.39, 0.29) is 15.1 Å². The van der Waals surface area contributed by atoms with Crippen molar-refractivity contribution in [1.29, 1.82) is 0 Å². The van der Waals surface area contributed by atoms with Crippen molar-refractivity contribution in [1.82, 2.24) is 0 Å². The van der Waals surface area contributed by atoms with Gasteiger partial charge in [0.25, 0.3) is 0 Å². The van der Waals surface area contributed by atoms with Gasteiger partial charge in [0.15, 0.2) is 9.03 Å². The zero-order valence-electron chi connectivity index (χ0n) is 15.2. The Morgan fingerprint density at radius 1 is 1.39 bits per heavy atom. The van der Waals surface area contributed by atoms with Gasteiger partial charge in [0.1, 0.15) is 6.10 Å². The van der Waals surface area contributed by atoms with Gasteiger partial charge in [0.2, 0.25) is 0 Å². The molecule has 0 aromatic heterocycles. The Bertz CT molecular complexity index is 532. The quantitative estimate of drug-likeness (QED) is 0.435. The van der Waals surface area contributed by atoms with E-state index in [1.54, 1.807) is 0 Å². The summed E-state index contributed by atoms with van der Waals surface area (Å²) in [5.41, 5.74) is 5.97. The van der Waals surface area contributed by atoms with E-state index in [0.717, 1.165) is 12.8 Å². The maximum absolute atomic E-state index is 5.54. The fourth-order valence-electron chi connectivity index (χ4n) is 3.21. The molecule has 0 aromatic rings. The molecule has 0 radical (unpaired) electrons. The summed E-state index contributed by atoms with van der Waals surface area (Å²) in [4.78, 5) is 0. The first-order valence-electron chi connectivity index (χ1n) is 8.64. The Morgan fingerprint density at radius 2 is 2.17 bits per heavy atom. The van der Waals surface area contributed by atoms with Crippen molar-refractivity contribution in [3.63, 3.8) is 0 Å². The first-order chi connectivity index (χ1) is 10.9. The van der Waals surface area contributed by atoms with Crippen molar-refractivity contribution in [3.8, 4) is 0 Å². The summed E-state index contributed by atoms with van der Waals surface area (Å²) in [7, 11) is 0.211. The highest BCUT2D eigenvalue weighted by atomic mass is 31.1. The van der Waals surface area contributed by atoms with Crippen LogP contribution in [0.3, 0.4) is 0 Å². The molecular formula is C20H31O2P. The van der Waals surface area contributed by atoms with Crippen molar-refractivity contribution in [2.24, 2.45) is 5.41 Å². The fourth-order valence-corrected chi connectivity index (χ4v) is 3.87. The highest BCUT2D eigenvalue weighted by Gasteiger charge is 2.26. The lowest BCUT2D eigenvalue weighted by Gasteiger charge is -2.32. The van der Waals surface area contributed by atoms with Gasteiger partial charge in [-0.2, -0.15) is 0 Å². The molecule has 0 bridgehead atoms. The second-order valence-electron chi connectivity index (χ2n) is 7.39. The van der Waals surface area contributed by atoms with E-state index in [0.29, 0.717) is 12.0 Å². The average molecular weight is 334 g/mol. The van der Waals surface area contributed by atoms with E-state index in [9.17, 15) is 0 Å². The lowest BCUT2D eigenvalue weighted by molar-refractivity contribution is 0.279. The summed E-state index contributed by atoms with van der Waals surface area (Å²) >= 11 is 0. The molecule has 0 aromatic carbocycles. The molecule has 1 aliphatic carbocycles. The van der Waals surface area contributed by atoms with E-state index in [2.05, 4.69) is 58.9 Å². The van der Waals surface area contributed by atoms with Gasteiger partial charge >= 0.3 is 0 Å². The molecule has 2 atom stereocenters. The summed E-state index contributed by atoms with van der Waals surface area (Å²) in [5.74, 6) is 0. The standard InChI is InChI=1S/C20H31O2P/c1-15(8-6-9-17(3)19-14-21-23-22-19)11-12-18-16(2)10-7-13-20(18,4)5/h9-12,19,23H,6-8,13-14H2,1-5H3/b15-11+,17-9+,18-12-. The maximum Gasteiger partial charge on any atom is 0.155 e. The minimum absolute atomic E-state index is 0.176. The second-order valence-corrected chi connectivity index (χ2v) is 8.08. The highest BCUT2D eigenvalue weighted by molar-refractivity contribution is 7.26. The van der Waals surface area contributed by atoms with Gasteiger partial charge in [0, 0.05) is 0 Å². The predicted molar refractivity (Wildman–Crippen MR) is 101 cm³/mol. The van der Waals surface area contributed by atoms with Crippen molar-refractivity contribution in [3.05, 3.63) is 46.6 Å². The monoisotopic (exact) mass is 334 g/mol. The SMILES string of the molecule is CC1=CCCC(C)(C)/C1=C\C=C(/C)CC/C=C(\C)C1COPO1. The Balaban J connectivity index is 1.92. The minimum Gasteiger partial charge on any atom is -0.333 e. The van der Waals surface area contributed by atoms with Crippen LogP contribution in [0.25, 0.3) is 0 Å². The van der Waals surface area contributed by atoms with E-state index in [1.807, 2.05) is 0 Å². The smallest absolute Gasteiger partial charge is 0.155 e. The molecule has 23 heavy (non-hydrogen) atoms. The van der Waals surface area contributed by atoms with Gasteiger partial charge in [-0.3, -0.25) is 0 Å². The summed E-state index contributed by atoms with van der Waals surface area (Å²) < 4.78 is 10.8. The van der Waals surface area contributed by atoms with Crippen molar-refractivity contribution < 1.29 is 9.05 Å². The van der Waals surface area contributed by atoms with Crippen LogP contribution in [0.5, 0.6) is 0 Å². The molecule has 1 heterocycles. The molecule has 2 aliphatic rings. The van der Waals surface area contributed by atoms with Gasteiger partial charge in [-0.05, 0) is 63.0 Å². The van der Waals surface area contributed by atoms with E-state index in [1.165, 1.54) is 35.1 Å². The lowest BCUT2D eigenvalue weighted by Crippen LogP contribution is -2.18. The first kappa shape index (κ1) is 18.6. The topological polar surface area (TPSA) is 18.5 Å². The molecule has 2 rings (SSSR count). The molecule has 1 saturated heterocycles. The van der Waals surface area contributed by atoms with Crippen LogP contribution in [-0.2, 0) is 9.05 Å². The Labute approximate surface area is 143 Å². The van der Waals surface area contributed by atoms with Crippen molar-refractivity contribution in [2.45, 2.75) is 66.4 Å². The zero-order valence-corrected chi connectivity index (χ0v) is 16.2. The van der Waals surface area contributed by atoms with Gasteiger partial charge in [-0.1, -0.05) is 49.3 Å². The summed E-state index contributed by atoms with van der Waals surface area (Å²) in [6.07, 6.45) is 14.1. The second kappa shape index (κ2) is 8.42. The summed E-state index contributed by atoms with van der Waals surface area (Å²) in [6.45, 7) is 12.0. The highest BCUT2D eigenvalue weighted by Crippen LogP contribution is 2.40. The van der Waals surface area contributed by atoms with Crippen LogP contribution in [0.15, 0.2) is 46.6 Å². The molecule has 2 unspecified atom stereocenters. The number of rotatable bonds is 5. The molecule has 0 saturated carbocycles. The number of allylic oxidation sites excluding steroid dienone is 7. The van der Waals surface area contributed by atoms with E-state index in [4.69, 9.17) is 9.05 Å². The van der Waals surface area contributed by atoms with Crippen LogP contribution in [0.1, 0.15) is 60.3 Å². The Morgan fingerprint density at radius 3 is 2.83 bits per heavy atom. The van der Waals surface area contributed by atoms with Crippen LogP contribution in [0, 0.1) is 5.41 Å². The third kappa shape index (κ3) is 5.41. The van der Waals surface area contributed by atoms with Crippen LogP contribution < -0.4 is 0 Å². The molecule has 128 valence electrons. The average Bonchev–Trinajstić information content (AvgIpc) is 3.00. The number of hydrogen-bond donors (Lipinski definition) is 0. The molecule has 2 nitrogen and oxygen atoms in total. The van der Waals surface area contributed by atoms with E-state index >= 15 is 0 Å². The third-order valence-corrected chi connectivity index (χ3v) is 5.57. The molecule has 0 N–H and O–H groups in total. The third-order valence-electron chi connectivity index (χ3n) is 4.91. The van der Waals surface area contributed by atoms with Crippen molar-refractivity contribution in [2.75, 3.05) is 6.61 Å². The normalized spacial score (nSPS) is 28.5. The van der Waals surface area contributed by atoms with Gasteiger partial charge in [-0.15, -0.1) is 0 Å². The van der Waals surface area contributed by atoms with Crippen molar-refractivity contribution >= 4 is 9.03 Å². The predicted octanol–water partition coefficient (Wildman–Crippen LogP) is 6.28. The largest absolute Gasteiger partial charge is 0.333 e. The molecule has 0 amide bonds. The number of hydrogen-bond acceptors (Lipinski definition) is 2. The fraction of sp³-hybridized carbons (Fsp3) is 0.600. The van der Waals surface area contributed by atoms with Crippen LogP contribution in [0.4, 0.5) is 0 Å². The lowest BCUT2D eigenvalue weighted by atomic mass is 9.73. The summed E-state index contributed by atoms with van der Waals surface area (Å²) in [6, 6.07) is 0. The van der Waals surface area contributed by atoms with Gasteiger partial charge in [-0.25, -0.2) is 0 Å². The maximum atomic E-state index is 5.54. The molecule has 3 heteroatoms. The Kier molecular flexibility index (Phi) is 6.83. The van der Waals surface area contributed by atoms with Crippen LogP contribution in [-0.4, -0.2) is 12.7 Å². The van der Waals surface area contributed by atoms with Crippen LogP contribution >= 0.6 is 9.03 Å². The first-order valence-corrected chi connectivity index (χ1v) is 9.46.